The zero-order valence-electron chi connectivity index (χ0n) is 10.7. The van der Waals surface area contributed by atoms with Crippen LogP contribution in [0.2, 0.25) is 0 Å². The Morgan fingerprint density at radius 3 is 2.74 bits per heavy atom. The molecule has 0 aliphatic carbocycles. The van der Waals surface area contributed by atoms with Crippen molar-refractivity contribution in [1.82, 2.24) is 4.98 Å². The molecule has 0 amide bonds. The van der Waals surface area contributed by atoms with Gasteiger partial charge in [0.2, 0.25) is 0 Å². The molecule has 0 saturated heterocycles. The second-order valence-electron chi connectivity index (χ2n) is 4.60. The summed E-state index contributed by atoms with van der Waals surface area (Å²) in [6.07, 6.45) is 1.47. The van der Waals surface area contributed by atoms with Crippen molar-refractivity contribution < 1.29 is 4.42 Å². The summed E-state index contributed by atoms with van der Waals surface area (Å²) in [6, 6.07) is 13.9. The fourth-order valence-electron chi connectivity index (χ4n) is 2.09. The summed E-state index contributed by atoms with van der Waals surface area (Å²) in [7, 11) is 2.05. The minimum atomic E-state index is 0.778. The van der Waals surface area contributed by atoms with Crippen molar-refractivity contribution in [2.75, 3.05) is 17.7 Å². The Morgan fingerprint density at radius 2 is 1.95 bits per heavy atom. The van der Waals surface area contributed by atoms with Crippen LogP contribution in [-0.4, -0.2) is 12.0 Å². The predicted octanol–water partition coefficient (Wildman–Crippen LogP) is 3.05. The first-order valence-corrected chi connectivity index (χ1v) is 6.11. The SMILES string of the molecule is CN(Cc1ccc2ncoc2c1)c1ccc(N)cc1. The van der Waals surface area contributed by atoms with Crippen LogP contribution in [0.25, 0.3) is 11.1 Å². The lowest BCUT2D eigenvalue weighted by atomic mass is 10.2. The third kappa shape index (κ3) is 2.38. The van der Waals surface area contributed by atoms with E-state index < -0.39 is 0 Å². The van der Waals surface area contributed by atoms with E-state index in [-0.39, 0.29) is 0 Å². The monoisotopic (exact) mass is 253 g/mol. The lowest BCUT2D eigenvalue weighted by Crippen LogP contribution is -2.16. The lowest BCUT2D eigenvalue weighted by molar-refractivity contribution is 0.601. The van der Waals surface area contributed by atoms with Crippen LogP contribution in [0, 0.1) is 0 Å². The van der Waals surface area contributed by atoms with Gasteiger partial charge in [-0.15, -0.1) is 0 Å². The highest BCUT2D eigenvalue weighted by molar-refractivity contribution is 5.72. The molecule has 1 aromatic heterocycles. The molecule has 2 aromatic carbocycles. The minimum Gasteiger partial charge on any atom is -0.443 e. The Kier molecular flexibility index (Phi) is 2.83. The van der Waals surface area contributed by atoms with Gasteiger partial charge in [-0.25, -0.2) is 4.98 Å². The molecule has 0 saturated carbocycles. The third-order valence-corrected chi connectivity index (χ3v) is 3.15. The van der Waals surface area contributed by atoms with Gasteiger partial charge >= 0.3 is 0 Å². The Hall–Kier alpha value is -2.49. The van der Waals surface area contributed by atoms with E-state index in [4.69, 9.17) is 10.2 Å². The zero-order chi connectivity index (χ0) is 13.2. The summed E-state index contributed by atoms with van der Waals surface area (Å²) in [4.78, 5) is 6.28. The predicted molar refractivity (Wildman–Crippen MR) is 77.0 cm³/mol. The van der Waals surface area contributed by atoms with E-state index >= 15 is 0 Å². The Morgan fingerprint density at radius 1 is 1.16 bits per heavy atom. The smallest absolute Gasteiger partial charge is 0.181 e. The highest BCUT2D eigenvalue weighted by Crippen LogP contribution is 2.19. The van der Waals surface area contributed by atoms with Gasteiger partial charge in [-0.1, -0.05) is 6.07 Å². The van der Waals surface area contributed by atoms with E-state index in [1.54, 1.807) is 0 Å². The lowest BCUT2D eigenvalue weighted by Gasteiger charge is -2.19. The second-order valence-corrected chi connectivity index (χ2v) is 4.60. The number of nitrogen functional groups attached to an aromatic ring is 1. The zero-order valence-corrected chi connectivity index (χ0v) is 10.7. The average molecular weight is 253 g/mol. The van der Waals surface area contributed by atoms with Gasteiger partial charge in [0.15, 0.2) is 12.0 Å². The van der Waals surface area contributed by atoms with Crippen molar-refractivity contribution in [1.29, 1.82) is 0 Å². The van der Waals surface area contributed by atoms with Crippen LogP contribution in [0.4, 0.5) is 11.4 Å². The van der Waals surface area contributed by atoms with Crippen LogP contribution in [0.5, 0.6) is 0 Å². The molecular formula is C15H15N3O. The first-order valence-electron chi connectivity index (χ1n) is 6.11. The van der Waals surface area contributed by atoms with Crippen LogP contribution in [0.1, 0.15) is 5.56 Å². The number of benzene rings is 2. The van der Waals surface area contributed by atoms with Gasteiger partial charge in [-0.2, -0.15) is 0 Å². The Balaban J connectivity index is 1.81. The molecule has 4 heteroatoms. The normalized spacial score (nSPS) is 10.8. The molecule has 0 aliphatic heterocycles. The van der Waals surface area contributed by atoms with Gasteiger partial charge in [0.25, 0.3) is 0 Å². The van der Waals surface area contributed by atoms with E-state index in [1.165, 1.54) is 12.0 Å². The number of hydrogen-bond acceptors (Lipinski definition) is 4. The van der Waals surface area contributed by atoms with Crippen molar-refractivity contribution in [3.63, 3.8) is 0 Å². The molecule has 0 unspecified atom stereocenters. The Bertz CT molecular complexity index is 688. The number of nitrogens with zero attached hydrogens (tertiary/aromatic N) is 2. The van der Waals surface area contributed by atoms with Gasteiger partial charge in [0, 0.05) is 25.0 Å². The fraction of sp³-hybridized carbons (Fsp3) is 0.133. The molecule has 4 nitrogen and oxygen atoms in total. The average Bonchev–Trinajstić information content (AvgIpc) is 2.87. The molecule has 0 bridgehead atoms. The third-order valence-electron chi connectivity index (χ3n) is 3.15. The maximum atomic E-state index is 5.69. The van der Waals surface area contributed by atoms with Gasteiger partial charge < -0.3 is 15.1 Å². The number of anilines is 2. The summed E-state index contributed by atoms with van der Waals surface area (Å²) in [6.45, 7) is 0.806. The van der Waals surface area contributed by atoms with E-state index in [1.807, 2.05) is 36.4 Å². The van der Waals surface area contributed by atoms with E-state index in [0.29, 0.717) is 0 Å². The van der Waals surface area contributed by atoms with Crippen molar-refractivity contribution in [3.05, 3.63) is 54.4 Å². The van der Waals surface area contributed by atoms with Crippen molar-refractivity contribution >= 4 is 22.5 Å². The molecule has 0 fully saturated rings. The van der Waals surface area contributed by atoms with Crippen LogP contribution in [0.3, 0.4) is 0 Å². The molecule has 1 heterocycles. The molecule has 0 radical (unpaired) electrons. The highest BCUT2D eigenvalue weighted by Gasteiger charge is 2.04. The molecule has 96 valence electrons. The van der Waals surface area contributed by atoms with Crippen molar-refractivity contribution in [2.24, 2.45) is 0 Å². The van der Waals surface area contributed by atoms with E-state index in [9.17, 15) is 0 Å². The first-order chi connectivity index (χ1) is 9.22. The maximum Gasteiger partial charge on any atom is 0.181 e. The molecule has 3 aromatic rings. The molecule has 3 rings (SSSR count). The summed E-state index contributed by atoms with van der Waals surface area (Å²) >= 11 is 0. The van der Waals surface area contributed by atoms with Gasteiger partial charge in [0.1, 0.15) is 5.52 Å². The van der Waals surface area contributed by atoms with Crippen LogP contribution in [-0.2, 0) is 6.54 Å². The summed E-state index contributed by atoms with van der Waals surface area (Å²) in [5.74, 6) is 0. The van der Waals surface area contributed by atoms with E-state index in [2.05, 4.69) is 23.0 Å². The summed E-state index contributed by atoms with van der Waals surface area (Å²) in [5, 5.41) is 0. The van der Waals surface area contributed by atoms with Gasteiger partial charge in [-0.05, 0) is 42.0 Å². The van der Waals surface area contributed by atoms with Gasteiger partial charge in [-0.3, -0.25) is 0 Å². The number of hydrogen-bond donors (Lipinski definition) is 1. The second kappa shape index (κ2) is 4.65. The number of nitrogens with two attached hydrogens (primary N) is 1. The molecule has 0 aliphatic rings. The summed E-state index contributed by atoms with van der Waals surface area (Å²) < 4.78 is 5.32. The Labute approximate surface area is 111 Å². The van der Waals surface area contributed by atoms with Crippen LogP contribution >= 0.6 is 0 Å². The summed E-state index contributed by atoms with van der Waals surface area (Å²) in [5.41, 5.74) is 10.5. The van der Waals surface area contributed by atoms with E-state index in [0.717, 1.165) is 29.0 Å². The molecular weight excluding hydrogens is 238 g/mol. The maximum absolute atomic E-state index is 5.69. The largest absolute Gasteiger partial charge is 0.443 e. The fourth-order valence-corrected chi connectivity index (χ4v) is 2.09. The standard InChI is InChI=1S/C15H15N3O/c1-18(13-5-3-12(16)4-6-13)9-11-2-7-14-15(8-11)19-10-17-14/h2-8,10H,9,16H2,1H3. The quantitative estimate of drug-likeness (QED) is 0.729. The van der Waals surface area contributed by atoms with Crippen molar-refractivity contribution in [2.45, 2.75) is 6.54 Å². The molecule has 2 N–H and O–H groups in total. The highest BCUT2D eigenvalue weighted by atomic mass is 16.3. The van der Waals surface area contributed by atoms with Crippen molar-refractivity contribution in [3.8, 4) is 0 Å². The number of rotatable bonds is 3. The topological polar surface area (TPSA) is 55.3 Å². The number of oxazole rings is 1. The van der Waals surface area contributed by atoms with Crippen LogP contribution < -0.4 is 10.6 Å². The number of aromatic nitrogens is 1. The minimum absolute atomic E-state index is 0.778. The van der Waals surface area contributed by atoms with Crippen LogP contribution in [0.15, 0.2) is 53.3 Å². The molecule has 19 heavy (non-hydrogen) atoms. The molecule has 0 atom stereocenters. The molecule has 0 spiro atoms. The first kappa shape index (κ1) is 11.6. The van der Waals surface area contributed by atoms with Gasteiger partial charge in [0.05, 0.1) is 0 Å². The number of fused-ring (bicyclic) bond motifs is 1.